The summed E-state index contributed by atoms with van der Waals surface area (Å²) in [6, 6.07) is 8.03. The smallest absolute Gasteiger partial charge is 0.300 e. The molecule has 0 saturated heterocycles. The summed E-state index contributed by atoms with van der Waals surface area (Å²) < 4.78 is 0. The second-order valence-corrected chi connectivity index (χ2v) is 5.67. The summed E-state index contributed by atoms with van der Waals surface area (Å²) >= 11 is 5.77. The maximum Gasteiger partial charge on any atom is 0.300 e. The largest absolute Gasteiger partial charge is 0.371 e. The SMILES string of the molecule is CN(C)c1c(C(=O)Nc2ccc(Cl)cc2)cc([N+](=O)[O-])cc1[N+](=O)[O-]. The van der Waals surface area contributed by atoms with Gasteiger partial charge in [-0.1, -0.05) is 11.6 Å². The minimum atomic E-state index is -0.786. The Kier molecular flexibility index (Phi) is 5.18. The number of rotatable bonds is 5. The molecule has 1 amide bonds. The number of nitrogens with one attached hydrogen (secondary N) is 1. The molecular weight excluding hydrogens is 352 g/mol. The third-order valence-corrected chi connectivity index (χ3v) is 3.53. The first-order valence-corrected chi connectivity index (χ1v) is 7.29. The standard InChI is InChI=1S/C15H13ClN4O5/c1-18(2)14-12(7-11(19(22)23)8-13(14)20(24)25)15(21)17-10-5-3-9(16)4-6-10/h3-8H,1-2H3,(H,17,21). The summed E-state index contributed by atoms with van der Waals surface area (Å²) in [5.74, 6) is -0.710. The van der Waals surface area contributed by atoms with Gasteiger partial charge in [0, 0.05) is 30.9 Å². The first-order chi connectivity index (χ1) is 11.7. The summed E-state index contributed by atoms with van der Waals surface area (Å²) in [6.07, 6.45) is 0. The Hall–Kier alpha value is -3.20. The number of carbonyl (C=O) groups is 1. The van der Waals surface area contributed by atoms with Crippen molar-refractivity contribution in [3.8, 4) is 0 Å². The molecule has 0 spiro atoms. The van der Waals surface area contributed by atoms with E-state index < -0.39 is 27.1 Å². The maximum absolute atomic E-state index is 12.6. The van der Waals surface area contributed by atoms with Crippen LogP contribution in [0, 0.1) is 20.2 Å². The monoisotopic (exact) mass is 364 g/mol. The Balaban J connectivity index is 2.56. The van der Waals surface area contributed by atoms with Crippen molar-refractivity contribution in [2.45, 2.75) is 0 Å². The van der Waals surface area contributed by atoms with Crippen molar-refractivity contribution in [3.05, 3.63) is 67.2 Å². The minimum Gasteiger partial charge on any atom is -0.371 e. The number of nitro benzene ring substituents is 2. The van der Waals surface area contributed by atoms with Crippen LogP contribution in [0.4, 0.5) is 22.7 Å². The van der Waals surface area contributed by atoms with Crippen LogP contribution in [0.1, 0.15) is 10.4 Å². The molecule has 0 unspecified atom stereocenters. The normalized spacial score (nSPS) is 10.2. The average Bonchev–Trinajstić information content (AvgIpc) is 2.55. The molecule has 0 aliphatic carbocycles. The molecule has 0 saturated carbocycles. The molecule has 0 bridgehead atoms. The lowest BCUT2D eigenvalue weighted by molar-refractivity contribution is -0.393. The quantitative estimate of drug-likeness (QED) is 0.640. The van der Waals surface area contributed by atoms with Gasteiger partial charge in [0.1, 0.15) is 5.69 Å². The highest BCUT2D eigenvalue weighted by Crippen LogP contribution is 2.35. The molecule has 130 valence electrons. The van der Waals surface area contributed by atoms with Crippen molar-refractivity contribution in [2.24, 2.45) is 0 Å². The number of nitro groups is 2. The van der Waals surface area contributed by atoms with Gasteiger partial charge in [0.25, 0.3) is 17.3 Å². The number of hydrogen-bond donors (Lipinski definition) is 1. The Bertz CT molecular complexity index is 852. The van der Waals surface area contributed by atoms with Crippen molar-refractivity contribution in [1.82, 2.24) is 0 Å². The zero-order chi connectivity index (χ0) is 18.7. The van der Waals surface area contributed by atoms with Gasteiger partial charge < -0.3 is 10.2 Å². The van der Waals surface area contributed by atoms with Crippen LogP contribution in [-0.4, -0.2) is 29.8 Å². The summed E-state index contributed by atoms with van der Waals surface area (Å²) in [5.41, 5.74) is -0.879. The van der Waals surface area contributed by atoms with E-state index in [0.29, 0.717) is 10.7 Å². The number of carbonyl (C=O) groups excluding carboxylic acids is 1. The van der Waals surface area contributed by atoms with Crippen molar-refractivity contribution in [1.29, 1.82) is 0 Å². The van der Waals surface area contributed by atoms with Gasteiger partial charge in [-0.2, -0.15) is 0 Å². The zero-order valence-corrected chi connectivity index (χ0v) is 14.0. The van der Waals surface area contributed by atoms with E-state index in [9.17, 15) is 25.0 Å². The molecule has 2 rings (SSSR count). The number of benzene rings is 2. The van der Waals surface area contributed by atoms with Crippen LogP contribution >= 0.6 is 11.6 Å². The molecule has 25 heavy (non-hydrogen) atoms. The third kappa shape index (κ3) is 4.01. The van der Waals surface area contributed by atoms with Crippen LogP contribution in [0.25, 0.3) is 0 Å². The molecule has 0 aliphatic heterocycles. The van der Waals surface area contributed by atoms with Crippen molar-refractivity contribution >= 4 is 40.3 Å². The predicted molar refractivity (Wildman–Crippen MR) is 93.5 cm³/mol. The lowest BCUT2D eigenvalue weighted by Gasteiger charge is -2.17. The van der Waals surface area contributed by atoms with Crippen LogP contribution in [0.15, 0.2) is 36.4 Å². The molecule has 9 nitrogen and oxygen atoms in total. The first kappa shape index (κ1) is 18.1. The molecule has 0 heterocycles. The van der Waals surface area contributed by atoms with Gasteiger partial charge in [-0.3, -0.25) is 25.0 Å². The lowest BCUT2D eigenvalue weighted by atomic mass is 10.1. The summed E-state index contributed by atoms with van der Waals surface area (Å²) in [7, 11) is 3.01. The zero-order valence-electron chi connectivity index (χ0n) is 13.2. The van der Waals surface area contributed by atoms with E-state index in [1.165, 1.54) is 19.0 Å². The molecule has 0 aliphatic rings. The topological polar surface area (TPSA) is 119 Å². The molecule has 10 heteroatoms. The van der Waals surface area contributed by atoms with Gasteiger partial charge in [-0.25, -0.2) is 0 Å². The molecular formula is C15H13ClN4O5. The van der Waals surface area contributed by atoms with Crippen LogP contribution < -0.4 is 10.2 Å². The fourth-order valence-corrected chi connectivity index (χ4v) is 2.35. The average molecular weight is 365 g/mol. The van der Waals surface area contributed by atoms with Crippen molar-refractivity contribution in [2.75, 3.05) is 24.3 Å². The van der Waals surface area contributed by atoms with Crippen LogP contribution in [-0.2, 0) is 0 Å². The summed E-state index contributed by atoms with van der Waals surface area (Å²) in [6.45, 7) is 0. The fraction of sp³-hybridized carbons (Fsp3) is 0.133. The van der Waals surface area contributed by atoms with Crippen molar-refractivity contribution in [3.63, 3.8) is 0 Å². The lowest BCUT2D eigenvalue weighted by Crippen LogP contribution is -2.20. The van der Waals surface area contributed by atoms with Gasteiger partial charge in [0.15, 0.2) is 0 Å². The molecule has 1 N–H and O–H groups in total. The van der Waals surface area contributed by atoms with E-state index in [4.69, 9.17) is 11.6 Å². The van der Waals surface area contributed by atoms with Gasteiger partial charge in [-0.05, 0) is 24.3 Å². The minimum absolute atomic E-state index is 0.0259. The van der Waals surface area contributed by atoms with Gasteiger partial charge in [0.2, 0.25) is 0 Å². The van der Waals surface area contributed by atoms with E-state index in [2.05, 4.69) is 5.32 Å². The number of halogens is 1. The molecule has 0 radical (unpaired) electrons. The number of hydrogen-bond acceptors (Lipinski definition) is 6. The van der Waals surface area contributed by atoms with E-state index >= 15 is 0 Å². The number of anilines is 2. The van der Waals surface area contributed by atoms with E-state index in [1.807, 2.05) is 0 Å². The van der Waals surface area contributed by atoms with Crippen molar-refractivity contribution < 1.29 is 14.6 Å². The Morgan fingerprint density at radius 1 is 1.08 bits per heavy atom. The van der Waals surface area contributed by atoms with Crippen LogP contribution in [0.5, 0.6) is 0 Å². The number of non-ortho nitro benzene ring substituents is 1. The summed E-state index contributed by atoms with van der Waals surface area (Å²) in [5, 5.41) is 25.3. The predicted octanol–water partition coefficient (Wildman–Crippen LogP) is 3.47. The Morgan fingerprint density at radius 3 is 2.16 bits per heavy atom. The maximum atomic E-state index is 12.6. The van der Waals surface area contributed by atoms with Crippen LogP contribution in [0.2, 0.25) is 5.02 Å². The molecule has 2 aromatic rings. The second kappa shape index (κ2) is 7.14. The van der Waals surface area contributed by atoms with Gasteiger partial charge in [-0.15, -0.1) is 0 Å². The number of amides is 1. The highest BCUT2D eigenvalue weighted by Gasteiger charge is 2.28. The highest BCUT2D eigenvalue weighted by molar-refractivity contribution is 6.30. The Morgan fingerprint density at radius 2 is 1.68 bits per heavy atom. The first-order valence-electron chi connectivity index (χ1n) is 6.91. The van der Waals surface area contributed by atoms with E-state index in [-0.39, 0.29) is 11.3 Å². The second-order valence-electron chi connectivity index (χ2n) is 5.23. The van der Waals surface area contributed by atoms with Crippen LogP contribution in [0.3, 0.4) is 0 Å². The van der Waals surface area contributed by atoms with E-state index in [0.717, 1.165) is 12.1 Å². The molecule has 2 aromatic carbocycles. The van der Waals surface area contributed by atoms with Gasteiger partial charge >= 0.3 is 0 Å². The molecule has 0 aromatic heterocycles. The fourth-order valence-electron chi connectivity index (χ4n) is 2.22. The summed E-state index contributed by atoms with van der Waals surface area (Å²) in [4.78, 5) is 34.7. The van der Waals surface area contributed by atoms with E-state index in [1.54, 1.807) is 24.3 Å². The van der Waals surface area contributed by atoms with Gasteiger partial charge in [0.05, 0.1) is 21.5 Å². The Labute approximate surface area is 147 Å². The molecule has 0 fully saturated rings. The molecule has 0 atom stereocenters. The number of nitrogens with zero attached hydrogens (tertiary/aromatic N) is 3. The highest BCUT2D eigenvalue weighted by atomic mass is 35.5. The third-order valence-electron chi connectivity index (χ3n) is 3.28.